The van der Waals surface area contributed by atoms with Crippen LogP contribution in [0.4, 0.5) is 5.69 Å². The number of aromatic carboxylic acids is 1. The Balaban J connectivity index is 1.98. The van der Waals surface area contributed by atoms with Crippen LogP contribution in [0.25, 0.3) is 0 Å². The summed E-state index contributed by atoms with van der Waals surface area (Å²) < 4.78 is 0. The Morgan fingerprint density at radius 3 is 2.30 bits per heavy atom. The average molecular weight is 289 g/mol. The van der Waals surface area contributed by atoms with Crippen LogP contribution in [0, 0.1) is 0 Å². The zero-order valence-corrected chi connectivity index (χ0v) is 12.8. The highest BCUT2D eigenvalue weighted by molar-refractivity contribution is 7.13. The lowest BCUT2D eigenvalue weighted by Gasteiger charge is -2.19. The molecule has 0 saturated heterocycles. The van der Waals surface area contributed by atoms with Gasteiger partial charge in [-0.25, -0.2) is 4.79 Å². The molecule has 0 atom stereocenters. The van der Waals surface area contributed by atoms with Gasteiger partial charge in [0.15, 0.2) is 0 Å². The lowest BCUT2D eigenvalue weighted by Crippen LogP contribution is -2.10. The summed E-state index contributed by atoms with van der Waals surface area (Å²) in [6.07, 6.45) is 0. The van der Waals surface area contributed by atoms with Crippen molar-refractivity contribution in [1.29, 1.82) is 0 Å². The molecule has 0 amide bonds. The van der Waals surface area contributed by atoms with Gasteiger partial charge in [0.1, 0.15) is 4.88 Å². The van der Waals surface area contributed by atoms with E-state index in [9.17, 15) is 4.79 Å². The van der Waals surface area contributed by atoms with Crippen LogP contribution < -0.4 is 5.32 Å². The number of carboxylic acid groups (broad SMARTS) is 1. The van der Waals surface area contributed by atoms with Crippen LogP contribution in [0.3, 0.4) is 0 Å². The molecule has 0 saturated carbocycles. The summed E-state index contributed by atoms with van der Waals surface area (Å²) in [7, 11) is 0. The largest absolute Gasteiger partial charge is 0.477 e. The third-order valence-electron chi connectivity index (χ3n) is 3.09. The summed E-state index contributed by atoms with van der Waals surface area (Å²) in [4.78, 5) is 12.2. The number of rotatable bonds is 4. The van der Waals surface area contributed by atoms with Gasteiger partial charge in [-0.1, -0.05) is 32.9 Å². The molecular formula is C16H19NO2S. The highest BCUT2D eigenvalue weighted by Crippen LogP contribution is 2.24. The Morgan fingerprint density at radius 2 is 1.80 bits per heavy atom. The molecule has 1 heterocycles. The molecule has 0 spiro atoms. The number of hydrogen-bond acceptors (Lipinski definition) is 3. The van der Waals surface area contributed by atoms with Crippen molar-refractivity contribution >= 4 is 23.0 Å². The van der Waals surface area contributed by atoms with E-state index in [1.54, 1.807) is 6.07 Å². The van der Waals surface area contributed by atoms with E-state index in [1.807, 2.05) is 6.07 Å². The second-order valence-electron chi connectivity index (χ2n) is 5.75. The number of carbonyl (C=O) groups is 1. The topological polar surface area (TPSA) is 49.3 Å². The van der Waals surface area contributed by atoms with Gasteiger partial charge in [0, 0.05) is 17.1 Å². The van der Waals surface area contributed by atoms with Crippen molar-refractivity contribution in [3.63, 3.8) is 0 Å². The predicted molar refractivity (Wildman–Crippen MR) is 83.7 cm³/mol. The van der Waals surface area contributed by atoms with Gasteiger partial charge < -0.3 is 10.4 Å². The van der Waals surface area contributed by atoms with Gasteiger partial charge in [-0.05, 0) is 35.2 Å². The third-order valence-corrected chi connectivity index (χ3v) is 4.16. The molecule has 20 heavy (non-hydrogen) atoms. The van der Waals surface area contributed by atoms with Crippen LogP contribution in [-0.4, -0.2) is 11.1 Å². The molecule has 2 rings (SSSR count). The molecule has 2 N–H and O–H groups in total. The fraction of sp³-hybridized carbons (Fsp3) is 0.312. The van der Waals surface area contributed by atoms with Gasteiger partial charge >= 0.3 is 5.97 Å². The average Bonchev–Trinajstić information content (AvgIpc) is 2.85. The number of benzene rings is 1. The number of hydrogen-bond donors (Lipinski definition) is 2. The summed E-state index contributed by atoms with van der Waals surface area (Å²) in [6, 6.07) is 11.9. The van der Waals surface area contributed by atoms with E-state index < -0.39 is 5.97 Å². The van der Waals surface area contributed by atoms with Gasteiger partial charge in [-0.3, -0.25) is 0 Å². The number of nitrogens with one attached hydrogen (secondary N) is 1. The van der Waals surface area contributed by atoms with Crippen molar-refractivity contribution in [2.45, 2.75) is 32.7 Å². The van der Waals surface area contributed by atoms with E-state index in [0.717, 1.165) is 10.6 Å². The molecule has 0 fully saturated rings. The van der Waals surface area contributed by atoms with Crippen molar-refractivity contribution in [2.24, 2.45) is 0 Å². The summed E-state index contributed by atoms with van der Waals surface area (Å²) >= 11 is 1.31. The summed E-state index contributed by atoms with van der Waals surface area (Å²) in [5.74, 6) is -0.865. The zero-order valence-electron chi connectivity index (χ0n) is 11.9. The van der Waals surface area contributed by atoms with Crippen LogP contribution in [-0.2, 0) is 12.0 Å². The summed E-state index contributed by atoms with van der Waals surface area (Å²) in [5, 5.41) is 12.2. The second kappa shape index (κ2) is 5.67. The minimum Gasteiger partial charge on any atom is -0.477 e. The first-order chi connectivity index (χ1) is 9.36. The monoisotopic (exact) mass is 289 g/mol. The third kappa shape index (κ3) is 3.61. The number of carboxylic acids is 1. The van der Waals surface area contributed by atoms with E-state index >= 15 is 0 Å². The van der Waals surface area contributed by atoms with Crippen LogP contribution in [0.15, 0.2) is 36.4 Å². The number of anilines is 1. The van der Waals surface area contributed by atoms with Gasteiger partial charge in [-0.15, -0.1) is 11.3 Å². The molecule has 1 aromatic carbocycles. The van der Waals surface area contributed by atoms with Gasteiger partial charge in [0.2, 0.25) is 0 Å². The molecule has 0 radical (unpaired) electrons. The maximum atomic E-state index is 10.8. The van der Waals surface area contributed by atoms with Crippen molar-refractivity contribution < 1.29 is 9.90 Å². The van der Waals surface area contributed by atoms with Gasteiger partial charge in [0.05, 0.1) is 0 Å². The van der Waals surface area contributed by atoms with Crippen molar-refractivity contribution in [3.8, 4) is 0 Å². The second-order valence-corrected chi connectivity index (χ2v) is 6.92. The predicted octanol–water partition coefficient (Wildman–Crippen LogP) is 4.36. The smallest absolute Gasteiger partial charge is 0.345 e. The molecule has 106 valence electrons. The Morgan fingerprint density at radius 1 is 1.15 bits per heavy atom. The van der Waals surface area contributed by atoms with Gasteiger partial charge in [-0.2, -0.15) is 0 Å². The van der Waals surface area contributed by atoms with Crippen LogP contribution >= 0.6 is 11.3 Å². The molecule has 0 unspecified atom stereocenters. The van der Waals surface area contributed by atoms with E-state index in [2.05, 4.69) is 50.4 Å². The van der Waals surface area contributed by atoms with Crippen LogP contribution in [0.1, 0.15) is 40.9 Å². The molecule has 0 bridgehead atoms. The van der Waals surface area contributed by atoms with E-state index in [4.69, 9.17) is 5.11 Å². The lowest BCUT2D eigenvalue weighted by atomic mass is 9.87. The first-order valence-corrected chi connectivity index (χ1v) is 7.34. The highest BCUT2D eigenvalue weighted by atomic mass is 32.1. The fourth-order valence-electron chi connectivity index (χ4n) is 1.87. The molecule has 0 aliphatic carbocycles. The molecule has 4 heteroatoms. The maximum absolute atomic E-state index is 10.8. The molecule has 1 aromatic heterocycles. The van der Waals surface area contributed by atoms with Crippen molar-refractivity contribution in [3.05, 3.63) is 51.7 Å². The fourth-order valence-corrected chi connectivity index (χ4v) is 2.65. The van der Waals surface area contributed by atoms with E-state index in [1.165, 1.54) is 16.9 Å². The van der Waals surface area contributed by atoms with Crippen molar-refractivity contribution in [2.75, 3.05) is 5.32 Å². The Bertz CT molecular complexity index is 594. The molecule has 0 aliphatic heterocycles. The summed E-state index contributed by atoms with van der Waals surface area (Å²) in [6.45, 7) is 7.21. The first-order valence-electron chi connectivity index (χ1n) is 6.53. The van der Waals surface area contributed by atoms with E-state index in [0.29, 0.717) is 11.4 Å². The Hall–Kier alpha value is -1.81. The zero-order chi connectivity index (χ0) is 14.8. The highest BCUT2D eigenvalue weighted by Gasteiger charge is 2.12. The normalized spacial score (nSPS) is 11.3. The lowest BCUT2D eigenvalue weighted by molar-refractivity contribution is 0.0702. The minimum absolute atomic E-state index is 0.155. The Kier molecular flexibility index (Phi) is 4.14. The molecule has 3 nitrogen and oxygen atoms in total. The molecule has 0 aliphatic rings. The minimum atomic E-state index is -0.865. The van der Waals surface area contributed by atoms with Gasteiger partial charge in [0.25, 0.3) is 0 Å². The van der Waals surface area contributed by atoms with Crippen LogP contribution in [0.5, 0.6) is 0 Å². The molecular weight excluding hydrogens is 270 g/mol. The molecule has 2 aromatic rings. The van der Waals surface area contributed by atoms with E-state index in [-0.39, 0.29) is 5.41 Å². The quantitative estimate of drug-likeness (QED) is 0.879. The maximum Gasteiger partial charge on any atom is 0.345 e. The van der Waals surface area contributed by atoms with Crippen LogP contribution in [0.2, 0.25) is 0 Å². The summed E-state index contributed by atoms with van der Waals surface area (Å²) in [5.41, 5.74) is 2.50. The van der Waals surface area contributed by atoms with Crippen molar-refractivity contribution in [1.82, 2.24) is 0 Å². The standard InChI is InChI=1S/C16H19NO2S/c1-16(2,3)11-4-6-12(7-5-11)17-10-13-8-9-14(20-13)15(18)19/h4-9,17H,10H2,1-3H3,(H,18,19). The Labute approximate surface area is 123 Å². The number of thiophene rings is 1. The SMILES string of the molecule is CC(C)(C)c1ccc(NCc2ccc(C(=O)O)s2)cc1. The first kappa shape index (κ1) is 14.6.